The molecular formula is C26H43N3O4. The number of benzene rings is 1. The third kappa shape index (κ3) is 9.44. The second kappa shape index (κ2) is 13.2. The summed E-state index contributed by atoms with van der Waals surface area (Å²) in [5.74, 6) is -0.698. The zero-order chi connectivity index (χ0) is 25.2. The molecule has 3 amide bonds. The summed E-state index contributed by atoms with van der Waals surface area (Å²) in [6.07, 6.45) is 3.00. The molecule has 3 unspecified atom stereocenters. The molecule has 33 heavy (non-hydrogen) atoms. The van der Waals surface area contributed by atoms with Crippen molar-refractivity contribution in [1.29, 1.82) is 0 Å². The Bertz CT molecular complexity index is 788. The number of alkyl carbamates (subject to hydrolysis) is 1. The number of rotatable bonds is 11. The topological polar surface area (TPSA) is 87.7 Å². The van der Waals surface area contributed by atoms with E-state index in [-0.39, 0.29) is 17.7 Å². The molecule has 0 aliphatic carbocycles. The van der Waals surface area contributed by atoms with Crippen molar-refractivity contribution in [1.82, 2.24) is 15.5 Å². The van der Waals surface area contributed by atoms with Gasteiger partial charge >= 0.3 is 6.09 Å². The van der Waals surface area contributed by atoms with Crippen molar-refractivity contribution in [3.8, 4) is 0 Å². The van der Waals surface area contributed by atoms with Crippen LogP contribution in [0, 0.1) is 12.8 Å². The molecular weight excluding hydrogens is 418 g/mol. The molecule has 1 rings (SSSR count). The molecule has 0 heterocycles. The lowest BCUT2D eigenvalue weighted by molar-refractivity contribution is -0.141. The zero-order valence-corrected chi connectivity index (χ0v) is 21.7. The first kappa shape index (κ1) is 28.5. The van der Waals surface area contributed by atoms with Gasteiger partial charge in [0, 0.05) is 13.6 Å². The van der Waals surface area contributed by atoms with Gasteiger partial charge in [-0.3, -0.25) is 9.59 Å². The molecule has 0 spiro atoms. The highest BCUT2D eigenvalue weighted by atomic mass is 16.6. The van der Waals surface area contributed by atoms with Gasteiger partial charge in [0.1, 0.15) is 17.7 Å². The summed E-state index contributed by atoms with van der Waals surface area (Å²) in [5.41, 5.74) is 1.06. The van der Waals surface area contributed by atoms with E-state index in [0.717, 1.165) is 30.4 Å². The number of aryl methyl sites for hydroxylation is 1. The van der Waals surface area contributed by atoms with Crippen molar-refractivity contribution in [3.63, 3.8) is 0 Å². The first-order valence-electron chi connectivity index (χ1n) is 12.0. The van der Waals surface area contributed by atoms with Crippen LogP contribution < -0.4 is 10.6 Å². The van der Waals surface area contributed by atoms with Crippen molar-refractivity contribution < 1.29 is 19.1 Å². The highest BCUT2D eigenvalue weighted by Gasteiger charge is 2.36. The first-order valence-corrected chi connectivity index (χ1v) is 12.0. The predicted molar refractivity (Wildman–Crippen MR) is 132 cm³/mol. The van der Waals surface area contributed by atoms with E-state index in [9.17, 15) is 14.4 Å². The van der Waals surface area contributed by atoms with E-state index in [4.69, 9.17) is 4.74 Å². The van der Waals surface area contributed by atoms with Gasteiger partial charge in [0.15, 0.2) is 0 Å². The van der Waals surface area contributed by atoms with Gasteiger partial charge in [0.05, 0.1) is 0 Å². The first-order chi connectivity index (χ1) is 15.4. The largest absolute Gasteiger partial charge is 0.444 e. The van der Waals surface area contributed by atoms with E-state index in [2.05, 4.69) is 17.6 Å². The average Bonchev–Trinajstić information content (AvgIpc) is 2.73. The average molecular weight is 462 g/mol. The van der Waals surface area contributed by atoms with Crippen LogP contribution in [-0.4, -0.2) is 48.0 Å². The Morgan fingerprint density at radius 1 is 1.12 bits per heavy atom. The minimum atomic E-state index is -0.810. The summed E-state index contributed by atoms with van der Waals surface area (Å²) in [6.45, 7) is 13.8. The Morgan fingerprint density at radius 3 is 2.33 bits per heavy atom. The van der Waals surface area contributed by atoms with Gasteiger partial charge in [0.25, 0.3) is 0 Å². The smallest absolute Gasteiger partial charge is 0.408 e. The number of likely N-dealkylation sites (N-methyl/N-ethyl adjacent to an activating group) is 1. The molecule has 186 valence electrons. The van der Waals surface area contributed by atoms with E-state index in [1.165, 1.54) is 4.90 Å². The van der Waals surface area contributed by atoms with Gasteiger partial charge < -0.3 is 20.3 Å². The number of amides is 3. The molecule has 0 radical (unpaired) electrons. The SMILES string of the molecule is CCCCCNC(=O)C(c1cccc(C)c1)N(C)C(=O)C(NC(=O)OC(C)(C)C)C(C)CC. The third-order valence-electron chi connectivity index (χ3n) is 5.57. The maximum absolute atomic E-state index is 13.6. The van der Waals surface area contributed by atoms with Crippen molar-refractivity contribution in [2.75, 3.05) is 13.6 Å². The van der Waals surface area contributed by atoms with E-state index >= 15 is 0 Å². The van der Waals surface area contributed by atoms with E-state index in [1.807, 2.05) is 45.0 Å². The highest BCUT2D eigenvalue weighted by molar-refractivity contribution is 5.92. The number of ether oxygens (including phenoxy) is 1. The van der Waals surface area contributed by atoms with Gasteiger partial charge in [-0.15, -0.1) is 0 Å². The van der Waals surface area contributed by atoms with Crippen LogP contribution in [0.3, 0.4) is 0 Å². The number of hydrogen-bond acceptors (Lipinski definition) is 4. The van der Waals surface area contributed by atoms with Gasteiger partial charge in [0.2, 0.25) is 11.8 Å². The number of carbonyl (C=O) groups excluding carboxylic acids is 3. The molecule has 7 nitrogen and oxygen atoms in total. The standard InChI is InChI=1S/C26H43N3O4/c1-9-11-12-16-27-23(30)22(20-15-13-14-18(3)17-20)29(8)24(31)21(19(4)10-2)28-25(32)33-26(5,6)7/h13-15,17,19,21-22H,9-12,16H2,1-8H3,(H,27,30)(H,28,32). The number of nitrogens with one attached hydrogen (secondary N) is 2. The van der Waals surface area contributed by atoms with E-state index < -0.39 is 23.8 Å². The van der Waals surface area contributed by atoms with Gasteiger partial charge in [-0.1, -0.05) is 69.9 Å². The normalized spacial score (nSPS) is 14.1. The number of nitrogens with zero attached hydrogens (tertiary/aromatic N) is 1. The summed E-state index contributed by atoms with van der Waals surface area (Å²) in [5, 5.41) is 5.72. The number of hydrogen-bond donors (Lipinski definition) is 2. The summed E-state index contributed by atoms with van der Waals surface area (Å²) >= 11 is 0. The summed E-state index contributed by atoms with van der Waals surface area (Å²) in [6, 6.07) is 5.99. The Morgan fingerprint density at radius 2 is 1.79 bits per heavy atom. The zero-order valence-electron chi connectivity index (χ0n) is 21.7. The van der Waals surface area contributed by atoms with Crippen molar-refractivity contribution >= 4 is 17.9 Å². The second-order valence-electron chi connectivity index (χ2n) is 9.77. The number of unbranched alkanes of at least 4 members (excludes halogenated alkanes) is 2. The molecule has 1 aromatic rings. The third-order valence-corrected chi connectivity index (χ3v) is 5.57. The molecule has 0 fully saturated rings. The Balaban J connectivity index is 3.19. The van der Waals surface area contributed by atoms with E-state index in [1.54, 1.807) is 27.8 Å². The van der Waals surface area contributed by atoms with Crippen LogP contribution in [0.15, 0.2) is 24.3 Å². The molecule has 0 saturated carbocycles. The lowest BCUT2D eigenvalue weighted by atomic mass is 9.96. The van der Waals surface area contributed by atoms with Crippen LogP contribution in [0.4, 0.5) is 4.79 Å². The summed E-state index contributed by atoms with van der Waals surface area (Å²) in [4.78, 5) is 40.7. The van der Waals surface area contributed by atoms with Gasteiger partial charge in [-0.25, -0.2) is 4.79 Å². The molecule has 2 N–H and O–H groups in total. The molecule has 0 aromatic heterocycles. The van der Waals surface area contributed by atoms with Crippen LogP contribution in [0.2, 0.25) is 0 Å². The van der Waals surface area contributed by atoms with Crippen LogP contribution in [0.25, 0.3) is 0 Å². The molecule has 7 heteroatoms. The molecule has 0 aliphatic heterocycles. The lowest BCUT2D eigenvalue weighted by Crippen LogP contribution is -2.54. The Kier molecular flexibility index (Phi) is 11.4. The highest BCUT2D eigenvalue weighted by Crippen LogP contribution is 2.24. The molecule has 3 atom stereocenters. The lowest BCUT2D eigenvalue weighted by Gasteiger charge is -2.33. The minimum Gasteiger partial charge on any atom is -0.444 e. The predicted octanol–water partition coefficient (Wildman–Crippen LogP) is 4.74. The fourth-order valence-corrected chi connectivity index (χ4v) is 3.54. The fourth-order valence-electron chi connectivity index (χ4n) is 3.54. The van der Waals surface area contributed by atoms with Crippen LogP contribution in [0.1, 0.15) is 84.4 Å². The van der Waals surface area contributed by atoms with Gasteiger partial charge in [-0.2, -0.15) is 0 Å². The Labute approximate surface area is 199 Å². The maximum atomic E-state index is 13.6. The fraction of sp³-hybridized carbons (Fsp3) is 0.654. The van der Waals surface area contributed by atoms with Crippen molar-refractivity contribution in [3.05, 3.63) is 35.4 Å². The summed E-state index contributed by atoms with van der Waals surface area (Å²) in [7, 11) is 1.62. The molecule has 0 bridgehead atoms. The Hall–Kier alpha value is -2.57. The van der Waals surface area contributed by atoms with Crippen LogP contribution in [0.5, 0.6) is 0 Å². The van der Waals surface area contributed by atoms with Gasteiger partial charge in [-0.05, 0) is 45.6 Å². The monoisotopic (exact) mass is 461 g/mol. The van der Waals surface area contributed by atoms with Crippen molar-refractivity contribution in [2.45, 2.75) is 91.8 Å². The quantitative estimate of drug-likeness (QED) is 0.466. The second-order valence-corrected chi connectivity index (χ2v) is 9.77. The minimum absolute atomic E-state index is 0.141. The van der Waals surface area contributed by atoms with Crippen LogP contribution >= 0.6 is 0 Å². The summed E-state index contributed by atoms with van der Waals surface area (Å²) < 4.78 is 5.38. The molecule has 1 aromatic carbocycles. The number of carbonyl (C=O) groups is 3. The van der Waals surface area contributed by atoms with Crippen molar-refractivity contribution in [2.24, 2.45) is 5.92 Å². The maximum Gasteiger partial charge on any atom is 0.408 e. The molecule has 0 saturated heterocycles. The molecule has 0 aliphatic rings. The van der Waals surface area contributed by atoms with E-state index in [0.29, 0.717) is 13.0 Å². The van der Waals surface area contributed by atoms with Crippen LogP contribution in [-0.2, 0) is 14.3 Å².